The van der Waals surface area contributed by atoms with Gasteiger partial charge in [-0.25, -0.2) is 4.79 Å². The summed E-state index contributed by atoms with van der Waals surface area (Å²) >= 11 is 11.4. The summed E-state index contributed by atoms with van der Waals surface area (Å²) in [4.78, 5) is 22.5. The third kappa shape index (κ3) is 4.57. The summed E-state index contributed by atoms with van der Waals surface area (Å²) in [5.74, 6) is -2.84. The van der Waals surface area contributed by atoms with E-state index in [1.165, 1.54) is 18.2 Å². The Morgan fingerprint density at radius 3 is 2.40 bits per heavy atom. The summed E-state index contributed by atoms with van der Waals surface area (Å²) in [7, 11) is 0. The predicted molar refractivity (Wildman–Crippen MR) is 66.0 cm³/mol. The minimum absolute atomic E-state index is 0.0296. The van der Waals surface area contributed by atoms with Gasteiger partial charge in [-0.15, -0.1) is 0 Å². The van der Waals surface area contributed by atoms with Crippen molar-refractivity contribution in [2.45, 2.75) is 18.6 Å². The molecule has 0 saturated heterocycles. The molecular weight excluding hydrogens is 322 g/mol. The average molecular weight is 330 g/mol. The molecule has 1 unspecified atom stereocenters. The molecule has 9 heteroatoms. The number of hydrogen-bond acceptors (Lipinski definition) is 2. The van der Waals surface area contributed by atoms with Crippen LogP contribution in [0.2, 0.25) is 10.0 Å². The Morgan fingerprint density at radius 2 is 1.90 bits per heavy atom. The van der Waals surface area contributed by atoms with Crippen LogP contribution in [0.15, 0.2) is 18.2 Å². The van der Waals surface area contributed by atoms with E-state index in [2.05, 4.69) is 0 Å². The fourth-order valence-electron chi connectivity index (χ4n) is 1.35. The first-order chi connectivity index (χ1) is 9.11. The number of benzene rings is 1. The number of aliphatic carboxylic acids is 1. The molecule has 0 aliphatic carbocycles. The summed E-state index contributed by atoms with van der Waals surface area (Å²) in [6, 6.07) is 1.86. The van der Waals surface area contributed by atoms with Gasteiger partial charge in [0.25, 0.3) is 5.91 Å². The van der Waals surface area contributed by atoms with Gasteiger partial charge >= 0.3 is 12.1 Å². The van der Waals surface area contributed by atoms with Gasteiger partial charge in [-0.2, -0.15) is 13.2 Å². The lowest BCUT2D eigenvalue weighted by atomic mass is 10.1. The molecule has 0 spiro atoms. The van der Waals surface area contributed by atoms with E-state index < -0.39 is 30.5 Å². The molecule has 0 bridgehead atoms. The lowest BCUT2D eigenvalue weighted by molar-refractivity contribution is -0.157. The van der Waals surface area contributed by atoms with Crippen LogP contribution in [-0.4, -0.2) is 29.2 Å². The summed E-state index contributed by atoms with van der Waals surface area (Å²) in [5.41, 5.74) is -0.201. The average Bonchev–Trinajstić information content (AvgIpc) is 2.29. The van der Waals surface area contributed by atoms with Crippen LogP contribution in [0.5, 0.6) is 0 Å². The van der Waals surface area contributed by atoms with E-state index in [0.717, 1.165) is 0 Å². The molecule has 1 aromatic carbocycles. The second-order valence-electron chi connectivity index (χ2n) is 3.78. The van der Waals surface area contributed by atoms with E-state index in [-0.39, 0.29) is 15.6 Å². The van der Waals surface area contributed by atoms with E-state index in [9.17, 15) is 22.8 Å². The normalized spacial score (nSPS) is 12.8. The Balaban J connectivity index is 2.92. The fraction of sp³-hybridized carbons (Fsp3) is 0.273. The number of carbonyl (C=O) groups is 2. The summed E-state index contributed by atoms with van der Waals surface area (Å²) < 4.78 is 36.6. The zero-order valence-corrected chi connectivity index (χ0v) is 11.2. The first-order valence-electron chi connectivity index (χ1n) is 5.16. The summed E-state index contributed by atoms with van der Waals surface area (Å²) in [5, 5.41) is 10.3. The van der Waals surface area contributed by atoms with Crippen molar-refractivity contribution in [3.05, 3.63) is 33.8 Å². The van der Waals surface area contributed by atoms with Crippen LogP contribution in [0.3, 0.4) is 0 Å². The van der Waals surface area contributed by atoms with Crippen LogP contribution in [0.25, 0.3) is 0 Å². The molecule has 0 aliphatic heterocycles. The highest BCUT2D eigenvalue weighted by Crippen LogP contribution is 2.26. The van der Waals surface area contributed by atoms with Gasteiger partial charge in [0.05, 0.1) is 22.0 Å². The van der Waals surface area contributed by atoms with Crippen molar-refractivity contribution in [3.63, 3.8) is 0 Å². The van der Waals surface area contributed by atoms with E-state index in [1.54, 1.807) is 5.32 Å². The number of carbonyl (C=O) groups excluding carboxylic acids is 1. The standard InChI is InChI=1S/C11H8Cl2F3NO3/c12-6-3-1-2-5(8(6)13)9(18)17-7(10(19)20)4-11(14,15)16/h1-3,7H,4H2,(H,17,18)(H,19,20). The minimum Gasteiger partial charge on any atom is -0.480 e. The molecule has 0 aromatic heterocycles. The third-order valence-electron chi connectivity index (χ3n) is 2.24. The smallest absolute Gasteiger partial charge is 0.391 e. The highest BCUT2D eigenvalue weighted by Gasteiger charge is 2.36. The van der Waals surface area contributed by atoms with Crippen molar-refractivity contribution < 1.29 is 27.9 Å². The molecule has 0 aliphatic rings. The van der Waals surface area contributed by atoms with Crippen molar-refractivity contribution in [1.82, 2.24) is 5.32 Å². The largest absolute Gasteiger partial charge is 0.480 e. The molecule has 1 atom stereocenters. The monoisotopic (exact) mass is 329 g/mol. The van der Waals surface area contributed by atoms with Crippen molar-refractivity contribution in [3.8, 4) is 0 Å². The van der Waals surface area contributed by atoms with Crippen molar-refractivity contribution in [1.29, 1.82) is 0 Å². The van der Waals surface area contributed by atoms with Gasteiger partial charge in [0, 0.05) is 0 Å². The van der Waals surface area contributed by atoms with Crippen molar-refractivity contribution in [2.24, 2.45) is 0 Å². The second-order valence-corrected chi connectivity index (χ2v) is 4.57. The second kappa shape index (κ2) is 6.32. The summed E-state index contributed by atoms with van der Waals surface area (Å²) in [6.07, 6.45) is -6.42. The van der Waals surface area contributed by atoms with Crippen LogP contribution < -0.4 is 5.32 Å². The topological polar surface area (TPSA) is 66.4 Å². The van der Waals surface area contributed by atoms with Crippen molar-refractivity contribution >= 4 is 35.1 Å². The number of amides is 1. The maximum absolute atomic E-state index is 12.2. The predicted octanol–water partition coefficient (Wildman–Crippen LogP) is 3.13. The van der Waals surface area contributed by atoms with Gasteiger partial charge in [0.1, 0.15) is 6.04 Å². The molecule has 110 valence electrons. The van der Waals surface area contributed by atoms with Crippen molar-refractivity contribution in [2.75, 3.05) is 0 Å². The minimum atomic E-state index is -4.73. The number of carboxylic acids is 1. The Bertz CT molecular complexity index is 534. The maximum atomic E-state index is 12.2. The Hall–Kier alpha value is -1.47. The molecule has 1 aromatic rings. The molecule has 1 rings (SSSR count). The zero-order chi connectivity index (χ0) is 15.5. The van der Waals surface area contributed by atoms with Gasteiger partial charge in [-0.1, -0.05) is 29.3 Å². The first-order valence-corrected chi connectivity index (χ1v) is 5.92. The molecule has 20 heavy (non-hydrogen) atoms. The number of carboxylic acid groups (broad SMARTS) is 1. The van der Waals surface area contributed by atoms with Crippen LogP contribution in [0.4, 0.5) is 13.2 Å². The van der Waals surface area contributed by atoms with Gasteiger partial charge in [-0.05, 0) is 12.1 Å². The van der Waals surface area contributed by atoms with Crippen LogP contribution >= 0.6 is 23.2 Å². The van der Waals surface area contributed by atoms with Crippen LogP contribution in [-0.2, 0) is 4.79 Å². The lowest BCUT2D eigenvalue weighted by Crippen LogP contribution is -2.43. The Morgan fingerprint density at radius 1 is 1.30 bits per heavy atom. The van der Waals surface area contributed by atoms with E-state index in [4.69, 9.17) is 28.3 Å². The van der Waals surface area contributed by atoms with Crippen LogP contribution in [0, 0.1) is 0 Å². The van der Waals surface area contributed by atoms with Gasteiger partial charge in [0.2, 0.25) is 0 Å². The fourth-order valence-corrected chi connectivity index (χ4v) is 1.73. The summed E-state index contributed by atoms with van der Waals surface area (Å²) in [6.45, 7) is 0. The highest BCUT2D eigenvalue weighted by molar-refractivity contribution is 6.43. The zero-order valence-electron chi connectivity index (χ0n) is 9.67. The molecule has 0 fully saturated rings. The van der Waals surface area contributed by atoms with E-state index in [0.29, 0.717) is 0 Å². The number of nitrogens with one attached hydrogen (secondary N) is 1. The highest BCUT2D eigenvalue weighted by atomic mass is 35.5. The van der Waals surface area contributed by atoms with Gasteiger partial charge in [-0.3, -0.25) is 4.79 Å². The van der Waals surface area contributed by atoms with Gasteiger partial charge in [0.15, 0.2) is 0 Å². The number of halogens is 5. The number of alkyl halides is 3. The number of hydrogen-bond donors (Lipinski definition) is 2. The van der Waals surface area contributed by atoms with E-state index >= 15 is 0 Å². The lowest BCUT2D eigenvalue weighted by Gasteiger charge is -2.16. The molecule has 0 saturated carbocycles. The molecule has 1 amide bonds. The Kier molecular flexibility index (Phi) is 5.24. The maximum Gasteiger partial charge on any atom is 0.391 e. The SMILES string of the molecule is O=C(NC(CC(F)(F)F)C(=O)O)c1cccc(Cl)c1Cl. The van der Waals surface area contributed by atoms with E-state index in [1.807, 2.05) is 0 Å². The third-order valence-corrected chi connectivity index (χ3v) is 3.05. The van der Waals surface area contributed by atoms with Crippen LogP contribution in [0.1, 0.15) is 16.8 Å². The molecule has 2 N–H and O–H groups in total. The van der Waals surface area contributed by atoms with Gasteiger partial charge < -0.3 is 10.4 Å². The molecule has 0 radical (unpaired) electrons. The first kappa shape index (κ1) is 16.6. The quantitative estimate of drug-likeness (QED) is 0.891. The molecule has 0 heterocycles. The Labute approximate surface area is 121 Å². The number of rotatable bonds is 4. The molecule has 4 nitrogen and oxygen atoms in total. The molecular formula is C11H8Cl2F3NO3.